The Kier molecular flexibility index (Phi) is 3.63. The molecule has 0 radical (unpaired) electrons. The summed E-state index contributed by atoms with van der Waals surface area (Å²) in [6.45, 7) is 0. The fraction of sp³-hybridized carbons (Fsp3) is 0.0833. The summed E-state index contributed by atoms with van der Waals surface area (Å²) in [5.74, 6) is 0. The maximum absolute atomic E-state index is 9.07. The maximum Gasteiger partial charge on any atom is 0.101 e. The largest absolute Gasteiger partial charge is 0.338 e. The number of hydrogen-bond donors (Lipinski definition) is 0. The van der Waals surface area contributed by atoms with E-state index in [9.17, 15) is 0 Å². The minimum Gasteiger partial charge on any atom is -0.338 e. The third-order valence-corrected chi connectivity index (χ3v) is 3.48. The third-order valence-electron chi connectivity index (χ3n) is 2.38. The molecule has 2 rings (SSSR count). The van der Waals surface area contributed by atoms with Crippen LogP contribution in [0.1, 0.15) is 5.56 Å². The standard InChI is InChI=1S/C12H7Cl3N2/c13-7-17-5-8(4-16)10(6-17)9-2-1-3-11(14)12(9)15/h1-3,5-6H,7H2. The minimum atomic E-state index is 0.285. The lowest BCUT2D eigenvalue weighted by Crippen LogP contribution is -1.84. The lowest BCUT2D eigenvalue weighted by Gasteiger charge is -2.03. The number of hydrogen-bond acceptors (Lipinski definition) is 1. The van der Waals surface area contributed by atoms with Crippen molar-refractivity contribution in [3.05, 3.63) is 46.2 Å². The lowest BCUT2D eigenvalue weighted by atomic mass is 10.1. The van der Waals surface area contributed by atoms with Crippen LogP contribution in [0.5, 0.6) is 0 Å². The van der Waals surface area contributed by atoms with E-state index in [1.807, 2.05) is 6.07 Å². The third kappa shape index (κ3) is 2.28. The van der Waals surface area contributed by atoms with Crippen LogP contribution in [0.25, 0.3) is 11.1 Å². The molecule has 0 saturated carbocycles. The number of benzene rings is 1. The van der Waals surface area contributed by atoms with Gasteiger partial charge in [-0.05, 0) is 6.07 Å². The van der Waals surface area contributed by atoms with Crippen molar-refractivity contribution >= 4 is 34.8 Å². The molecule has 1 aromatic heterocycles. The van der Waals surface area contributed by atoms with Gasteiger partial charge in [-0.2, -0.15) is 5.26 Å². The molecular weight excluding hydrogens is 279 g/mol. The fourth-order valence-corrected chi connectivity index (χ4v) is 2.13. The van der Waals surface area contributed by atoms with E-state index in [-0.39, 0.29) is 6.00 Å². The van der Waals surface area contributed by atoms with E-state index in [0.717, 1.165) is 11.1 Å². The van der Waals surface area contributed by atoms with E-state index >= 15 is 0 Å². The van der Waals surface area contributed by atoms with Crippen molar-refractivity contribution in [2.24, 2.45) is 0 Å². The van der Waals surface area contributed by atoms with E-state index in [4.69, 9.17) is 40.1 Å². The number of nitrogens with zero attached hydrogens (tertiary/aromatic N) is 2. The highest BCUT2D eigenvalue weighted by Gasteiger charge is 2.13. The molecular formula is C12H7Cl3N2. The summed E-state index contributed by atoms with van der Waals surface area (Å²) in [4.78, 5) is 0. The molecule has 1 aromatic carbocycles. The SMILES string of the molecule is N#Cc1cn(CCl)cc1-c1cccc(Cl)c1Cl. The molecule has 0 saturated heterocycles. The first-order chi connectivity index (χ1) is 8.17. The van der Waals surface area contributed by atoms with Crippen LogP contribution in [-0.4, -0.2) is 4.57 Å². The normalized spacial score (nSPS) is 10.2. The van der Waals surface area contributed by atoms with Gasteiger partial charge in [0.15, 0.2) is 0 Å². The summed E-state index contributed by atoms with van der Waals surface area (Å²) in [7, 11) is 0. The number of rotatable bonds is 2. The van der Waals surface area contributed by atoms with Crippen molar-refractivity contribution in [3.63, 3.8) is 0 Å². The zero-order chi connectivity index (χ0) is 12.4. The van der Waals surface area contributed by atoms with Crippen LogP contribution in [0.2, 0.25) is 10.0 Å². The minimum absolute atomic E-state index is 0.285. The average molecular weight is 286 g/mol. The van der Waals surface area contributed by atoms with Gasteiger partial charge in [-0.1, -0.05) is 35.3 Å². The van der Waals surface area contributed by atoms with Crippen molar-refractivity contribution < 1.29 is 0 Å². The summed E-state index contributed by atoms with van der Waals surface area (Å²) in [5, 5.41) is 9.97. The number of aromatic nitrogens is 1. The van der Waals surface area contributed by atoms with E-state index < -0.39 is 0 Å². The quantitative estimate of drug-likeness (QED) is 0.745. The van der Waals surface area contributed by atoms with Crippen LogP contribution >= 0.6 is 34.8 Å². The Bertz CT molecular complexity index is 596. The summed E-state index contributed by atoms with van der Waals surface area (Å²) >= 11 is 17.8. The Morgan fingerprint density at radius 1 is 1.18 bits per heavy atom. The van der Waals surface area contributed by atoms with E-state index in [2.05, 4.69) is 6.07 Å². The molecule has 0 bridgehead atoms. The Balaban J connectivity index is 2.64. The molecule has 2 nitrogen and oxygen atoms in total. The highest BCUT2D eigenvalue weighted by molar-refractivity contribution is 6.43. The molecule has 1 heterocycles. The van der Waals surface area contributed by atoms with Crippen LogP contribution in [0.4, 0.5) is 0 Å². The number of nitriles is 1. The van der Waals surface area contributed by atoms with Crippen molar-refractivity contribution in [2.45, 2.75) is 6.00 Å². The van der Waals surface area contributed by atoms with Gasteiger partial charge in [0.2, 0.25) is 0 Å². The molecule has 0 aliphatic rings. The van der Waals surface area contributed by atoms with Gasteiger partial charge in [0.25, 0.3) is 0 Å². The molecule has 86 valence electrons. The predicted molar refractivity (Wildman–Crippen MR) is 70.5 cm³/mol. The molecule has 0 N–H and O–H groups in total. The number of alkyl halides is 1. The maximum atomic E-state index is 9.07. The zero-order valence-corrected chi connectivity index (χ0v) is 10.9. The van der Waals surface area contributed by atoms with Gasteiger partial charge in [-0.3, -0.25) is 0 Å². The van der Waals surface area contributed by atoms with Crippen LogP contribution in [0.15, 0.2) is 30.6 Å². The van der Waals surface area contributed by atoms with E-state index in [1.54, 1.807) is 29.1 Å². The Morgan fingerprint density at radius 2 is 1.94 bits per heavy atom. The van der Waals surface area contributed by atoms with Gasteiger partial charge in [0, 0.05) is 23.5 Å². The molecule has 0 unspecified atom stereocenters. The van der Waals surface area contributed by atoms with Crippen molar-refractivity contribution in [3.8, 4) is 17.2 Å². The molecule has 0 amide bonds. The molecule has 0 aliphatic carbocycles. The van der Waals surface area contributed by atoms with Crippen molar-refractivity contribution in [1.82, 2.24) is 4.57 Å². The average Bonchev–Trinajstić information content (AvgIpc) is 2.76. The molecule has 0 fully saturated rings. The van der Waals surface area contributed by atoms with Crippen LogP contribution in [0, 0.1) is 11.3 Å². The summed E-state index contributed by atoms with van der Waals surface area (Å²) in [6, 6.07) is 7.72. The Labute approximate surface area is 114 Å². The second-order valence-corrected chi connectivity index (χ2v) is 4.46. The molecule has 17 heavy (non-hydrogen) atoms. The van der Waals surface area contributed by atoms with E-state index in [1.165, 1.54) is 0 Å². The summed E-state index contributed by atoms with van der Waals surface area (Å²) < 4.78 is 1.71. The highest BCUT2D eigenvalue weighted by atomic mass is 35.5. The highest BCUT2D eigenvalue weighted by Crippen LogP contribution is 2.35. The Hall–Kier alpha value is -1.14. The monoisotopic (exact) mass is 284 g/mol. The van der Waals surface area contributed by atoms with Gasteiger partial charge < -0.3 is 4.57 Å². The fourth-order valence-electron chi connectivity index (χ4n) is 1.59. The predicted octanol–water partition coefficient (Wildman–Crippen LogP) is 4.53. The second kappa shape index (κ2) is 5.01. The smallest absolute Gasteiger partial charge is 0.101 e. The summed E-state index contributed by atoms with van der Waals surface area (Å²) in [5.41, 5.74) is 2.00. The summed E-state index contributed by atoms with van der Waals surface area (Å²) in [6.07, 6.45) is 3.46. The van der Waals surface area contributed by atoms with Crippen molar-refractivity contribution in [1.29, 1.82) is 5.26 Å². The number of halogens is 3. The van der Waals surface area contributed by atoms with Crippen LogP contribution in [-0.2, 0) is 6.00 Å². The molecule has 0 spiro atoms. The van der Waals surface area contributed by atoms with Crippen LogP contribution < -0.4 is 0 Å². The van der Waals surface area contributed by atoms with Gasteiger partial charge >= 0.3 is 0 Å². The van der Waals surface area contributed by atoms with Gasteiger partial charge in [-0.15, -0.1) is 11.6 Å². The first-order valence-electron chi connectivity index (χ1n) is 4.77. The molecule has 5 heteroatoms. The first kappa shape index (κ1) is 12.3. The zero-order valence-electron chi connectivity index (χ0n) is 8.62. The molecule has 2 aromatic rings. The van der Waals surface area contributed by atoms with Crippen LogP contribution in [0.3, 0.4) is 0 Å². The van der Waals surface area contributed by atoms with Gasteiger partial charge in [-0.25, -0.2) is 0 Å². The Morgan fingerprint density at radius 3 is 2.59 bits per heavy atom. The van der Waals surface area contributed by atoms with Crippen molar-refractivity contribution in [2.75, 3.05) is 0 Å². The topological polar surface area (TPSA) is 28.7 Å². The lowest BCUT2D eigenvalue weighted by molar-refractivity contribution is 0.893. The molecule has 0 atom stereocenters. The van der Waals surface area contributed by atoms with Gasteiger partial charge in [0.1, 0.15) is 6.07 Å². The second-order valence-electron chi connectivity index (χ2n) is 3.43. The van der Waals surface area contributed by atoms with E-state index in [0.29, 0.717) is 15.6 Å². The first-order valence-corrected chi connectivity index (χ1v) is 6.06. The van der Waals surface area contributed by atoms with Gasteiger partial charge in [0.05, 0.1) is 21.6 Å². The molecule has 0 aliphatic heterocycles.